The van der Waals surface area contributed by atoms with Gasteiger partial charge in [-0.25, -0.2) is 0 Å². The van der Waals surface area contributed by atoms with Crippen LogP contribution >= 0.6 is 0 Å². The molecule has 1 unspecified atom stereocenters. The van der Waals surface area contributed by atoms with E-state index in [-0.39, 0.29) is 5.78 Å². The van der Waals surface area contributed by atoms with Crippen molar-refractivity contribution in [3.63, 3.8) is 0 Å². The highest BCUT2D eigenvalue weighted by atomic mass is 16.5. The van der Waals surface area contributed by atoms with Gasteiger partial charge in [0.1, 0.15) is 0 Å². The summed E-state index contributed by atoms with van der Waals surface area (Å²) in [4.78, 5) is 14.4. The predicted molar refractivity (Wildman–Crippen MR) is 67.2 cm³/mol. The number of morpholine rings is 1. The van der Waals surface area contributed by atoms with E-state index in [1.807, 2.05) is 30.3 Å². The molecule has 3 heteroatoms. The second kappa shape index (κ2) is 5.94. The van der Waals surface area contributed by atoms with E-state index < -0.39 is 0 Å². The maximum Gasteiger partial charge on any atom is 0.164 e. The summed E-state index contributed by atoms with van der Waals surface area (Å²) in [6.07, 6.45) is 0.587. The van der Waals surface area contributed by atoms with Gasteiger partial charge in [0, 0.05) is 31.1 Å². The standard InChI is InChI=1S/C14H19NO2/c1-12(15-7-9-17-10-8-15)11-14(16)13-5-3-2-4-6-13/h2-6,12H,7-11H2,1H3. The van der Waals surface area contributed by atoms with Crippen LogP contribution in [-0.4, -0.2) is 43.0 Å². The van der Waals surface area contributed by atoms with E-state index in [0.717, 1.165) is 31.9 Å². The molecule has 1 atom stereocenters. The number of benzene rings is 1. The molecule has 17 heavy (non-hydrogen) atoms. The maximum absolute atomic E-state index is 12.0. The van der Waals surface area contributed by atoms with Crippen molar-refractivity contribution >= 4 is 5.78 Å². The minimum absolute atomic E-state index is 0.226. The smallest absolute Gasteiger partial charge is 0.164 e. The molecule has 1 aromatic rings. The Hall–Kier alpha value is -1.19. The Bertz CT molecular complexity index is 358. The van der Waals surface area contributed by atoms with E-state index >= 15 is 0 Å². The number of carbonyl (C=O) groups is 1. The third-order valence-corrected chi connectivity index (χ3v) is 3.25. The first-order chi connectivity index (χ1) is 8.27. The molecular formula is C14H19NO2. The van der Waals surface area contributed by atoms with Crippen LogP contribution in [-0.2, 0) is 4.74 Å². The van der Waals surface area contributed by atoms with Crippen LogP contribution in [0.2, 0.25) is 0 Å². The molecule has 1 aromatic carbocycles. The molecule has 0 N–H and O–H groups in total. The molecule has 0 aliphatic carbocycles. The largest absolute Gasteiger partial charge is 0.379 e. The van der Waals surface area contributed by atoms with Gasteiger partial charge in [-0.2, -0.15) is 0 Å². The lowest BCUT2D eigenvalue weighted by atomic mass is 10.0. The Labute approximate surface area is 102 Å². The fourth-order valence-corrected chi connectivity index (χ4v) is 2.16. The SMILES string of the molecule is CC(CC(=O)c1ccccc1)N1CCOCC1. The molecule has 92 valence electrons. The summed E-state index contributed by atoms with van der Waals surface area (Å²) in [5, 5.41) is 0. The van der Waals surface area contributed by atoms with Crippen molar-refractivity contribution in [2.45, 2.75) is 19.4 Å². The van der Waals surface area contributed by atoms with E-state index in [9.17, 15) is 4.79 Å². The van der Waals surface area contributed by atoms with Gasteiger partial charge in [0.25, 0.3) is 0 Å². The van der Waals surface area contributed by atoms with E-state index in [4.69, 9.17) is 4.74 Å². The zero-order valence-electron chi connectivity index (χ0n) is 10.3. The van der Waals surface area contributed by atoms with Crippen molar-refractivity contribution in [1.82, 2.24) is 4.90 Å². The van der Waals surface area contributed by atoms with E-state index in [0.29, 0.717) is 12.5 Å². The number of hydrogen-bond donors (Lipinski definition) is 0. The maximum atomic E-state index is 12.0. The highest BCUT2D eigenvalue weighted by Gasteiger charge is 2.19. The molecule has 3 nitrogen and oxygen atoms in total. The number of ether oxygens (including phenoxy) is 1. The first kappa shape index (κ1) is 12.3. The van der Waals surface area contributed by atoms with Crippen LogP contribution < -0.4 is 0 Å². The molecule has 0 amide bonds. The van der Waals surface area contributed by atoms with Gasteiger partial charge in [-0.1, -0.05) is 30.3 Å². The van der Waals surface area contributed by atoms with Gasteiger partial charge in [-0.15, -0.1) is 0 Å². The summed E-state index contributed by atoms with van der Waals surface area (Å²) in [5.41, 5.74) is 0.813. The molecule has 0 bridgehead atoms. The first-order valence-corrected chi connectivity index (χ1v) is 6.17. The highest BCUT2D eigenvalue weighted by Crippen LogP contribution is 2.11. The number of nitrogens with zero attached hydrogens (tertiary/aromatic N) is 1. The summed E-state index contributed by atoms with van der Waals surface area (Å²) < 4.78 is 5.31. The number of Topliss-reactive ketones (excluding diaryl/α,β-unsaturated/α-hetero) is 1. The van der Waals surface area contributed by atoms with Gasteiger partial charge >= 0.3 is 0 Å². The Morgan fingerprint density at radius 3 is 2.59 bits per heavy atom. The lowest BCUT2D eigenvalue weighted by molar-refractivity contribution is 0.0188. The summed E-state index contributed by atoms with van der Waals surface area (Å²) in [6, 6.07) is 9.82. The van der Waals surface area contributed by atoms with Crippen molar-refractivity contribution in [2.24, 2.45) is 0 Å². The van der Waals surface area contributed by atoms with Crippen LogP contribution in [0.5, 0.6) is 0 Å². The predicted octanol–water partition coefficient (Wildman–Crippen LogP) is 1.98. The van der Waals surface area contributed by atoms with Crippen molar-refractivity contribution in [3.8, 4) is 0 Å². The van der Waals surface area contributed by atoms with Gasteiger partial charge in [-0.05, 0) is 6.92 Å². The zero-order valence-corrected chi connectivity index (χ0v) is 10.3. The molecule has 0 spiro atoms. The third-order valence-electron chi connectivity index (χ3n) is 3.25. The summed E-state index contributed by atoms with van der Waals surface area (Å²) in [5.74, 6) is 0.226. The van der Waals surface area contributed by atoms with Crippen LogP contribution in [0.25, 0.3) is 0 Å². The number of rotatable bonds is 4. The molecule has 0 aromatic heterocycles. The number of carbonyl (C=O) groups excluding carboxylic acids is 1. The molecule has 0 saturated carbocycles. The number of ketones is 1. The minimum atomic E-state index is 0.226. The average Bonchev–Trinajstić information content (AvgIpc) is 2.40. The number of hydrogen-bond acceptors (Lipinski definition) is 3. The Morgan fingerprint density at radius 2 is 1.94 bits per heavy atom. The topological polar surface area (TPSA) is 29.5 Å². The van der Waals surface area contributed by atoms with E-state index in [1.54, 1.807) is 0 Å². The molecule has 1 fully saturated rings. The van der Waals surface area contributed by atoms with Crippen molar-refractivity contribution in [1.29, 1.82) is 0 Å². The van der Waals surface area contributed by atoms with Crippen molar-refractivity contribution < 1.29 is 9.53 Å². The molecule has 1 aliphatic heterocycles. The summed E-state index contributed by atoms with van der Waals surface area (Å²) in [6.45, 7) is 5.55. The highest BCUT2D eigenvalue weighted by molar-refractivity contribution is 5.96. The van der Waals surface area contributed by atoms with Gasteiger partial charge < -0.3 is 4.74 Å². The quantitative estimate of drug-likeness (QED) is 0.745. The second-order valence-electron chi connectivity index (χ2n) is 4.49. The van der Waals surface area contributed by atoms with Crippen molar-refractivity contribution in [2.75, 3.05) is 26.3 Å². The van der Waals surface area contributed by atoms with Gasteiger partial charge in [0.15, 0.2) is 5.78 Å². The van der Waals surface area contributed by atoms with Gasteiger partial charge in [0.2, 0.25) is 0 Å². The second-order valence-corrected chi connectivity index (χ2v) is 4.49. The molecule has 1 heterocycles. The van der Waals surface area contributed by atoms with Gasteiger partial charge in [0.05, 0.1) is 13.2 Å². The Morgan fingerprint density at radius 1 is 1.29 bits per heavy atom. The molecule has 0 radical (unpaired) electrons. The van der Waals surface area contributed by atoms with Crippen LogP contribution in [0.4, 0.5) is 0 Å². The third kappa shape index (κ3) is 3.38. The fraction of sp³-hybridized carbons (Fsp3) is 0.500. The van der Waals surface area contributed by atoms with Crippen LogP contribution in [0.1, 0.15) is 23.7 Å². The molecule has 1 saturated heterocycles. The van der Waals surface area contributed by atoms with Crippen molar-refractivity contribution in [3.05, 3.63) is 35.9 Å². The Kier molecular flexibility index (Phi) is 4.29. The van der Waals surface area contributed by atoms with Crippen LogP contribution in [0.15, 0.2) is 30.3 Å². The van der Waals surface area contributed by atoms with Crippen LogP contribution in [0.3, 0.4) is 0 Å². The first-order valence-electron chi connectivity index (χ1n) is 6.17. The molecule has 1 aliphatic rings. The van der Waals surface area contributed by atoms with Crippen LogP contribution in [0, 0.1) is 0 Å². The van der Waals surface area contributed by atoms with E-state index in [2.05, 4.69) is 11.8 Å². The monoisotopic (exact) mass is 233 g/mol. The minimum Gasteiger partial charge on any atom is -0.379 e. The molecular weight excluding hydrogens is 214 g/mol. The lowest BCUT2D eigenvalue weighted by Crippen LogP contribution is -2.42. The zero-order chi connectivity index (χ0) is 12.1. The summed E-state index contributed by atoms with van der Waals surface area (Å²) in [7, 11) is 0. The normalized spacial score (nSPS) is 18.9. The lowest BCUT2D eigenvalue weighted by Gasteiger charge is -2.31. The average molecular weight is 233 g/mol. The Balaban J connectivity index is 1.89. The fourth-order valence-electron chi connectivity index (χ4n) is 2.16. The summed E-state index contributed by atoms with van der Waals surface area (Å²) >= 11 is 0. The van der Waals surface area contributed by atoms with E-state index in [1.165, 1.54) is 0 Å². The van der Waals surface area contributed by atoms with Gasteiger partial charge in [-0.3, -0.25) is 9.69 Å². The molecule has 2 rings (SSSR count).